The fourth-order valence-corrected chi connectivity index (χ4v) is 6.48. The Balaban J connectivity index is 1.46. The normalized spacial score (nSPS) is 16.1. The van der Waals surface area contributed by atoms with Crippen LogP contribution in [-0.4, -0.2) is 88.6 Å². The van der Waals surface area contributed by atoms with Crippen molar-refractivity contribution < 1.29 is 27.6 Å². The van der Waals surface area contributed by atoms with Crippen molar-refractivity contribution in [1.82, 2.24) is 34.4 Å². The van der Waals surface area contributed by atoms with Gasteiger partial charge in [0.25, 0.3) is 21.5 Å². The van der Waals surface area contributed by atoms with E-state index in [-0.39, 0.29) is 60.0 Å². The highest BCUT2D eigenvalue weighted by atomic mass is 32.2. The number of sulfonamides is 1. The van der Waals surface area contributed by atoms with Crippen LogP contribution in [0.1, 0.15) is 42.3 Å². The molecule has 2 aliphatic heterocycles. The summed E-state index contributed by atoms with van der Waals surface area (Å²) in [4.78, 5) is 77.1. The molecule has 0 spiro atoms. The molecule has 0 atom stereocenters. The third-order valence-corrected chi connectivity index (χ3v) is 8.73. The van der Waals surface area contributed by atoms with Gasteiger partial charge in [-0.25, -0.2) is 23.2 Å². The molecule has 5 rings (SSSR count). The molecule has 16 heteroatoms. The van der Waals surface area contributed by atoms with Gasteiger partial charge < -0.3 is 15.1 Å². The molecule has 2 N–H and O–H groups in total. The van der Waals surface area contributed by atoms with Crippen molar-refractivity contribution in [2.75, 3.05) is 37.0 Å². The number of benzene rings is 1. The van der Waals surface area contributed by atoms with Crippen molar-refractivity contribution >= 4 is 50.8 Å². The molecule has 0 aliphatic carbocycles. The van der Waals surface area contributed by atoms with Crippen LogP contribution in [0.4, 0.5) is 10.6 Å². The number of hydrogen-bond acceptors (Lipinski definition) is 9. The van der Waals surface area contributed by atoms with Gasteiger partial charge in [0.05, 0.1) is 6.20 Å². The van der Waals surface area contributed by atoms with E-state index in [0.717, 1.165) is 27.5 Å². The van der Waals surface area contributed by atoms with E-state index in [1.807, 2.05) is 49.8 Å². The second kappa shape index (κ2) is 11.9. The first-order chi connectivity index (χ1) is 21.1. The Morgan fingerprint density at radius 2 is 1.73 bits per heavy atom. The number of fused-ring (bicyclic) bond motifs is 1. The number of rotatable bonds is 9. The van der Waals surface area contributed by atoms with Crippen molar-refractivity contribution in [2.24, 2.45) is 5.41 Å². The van der Waals surface area contributed by atoms with E-state index in [9.17, 15) is 32.4 Å². The second-order valence-corrected chi connectivity index (χ2v) is 13.8. The van der Waals surface area contributed by atoms with E-state index >= 15 is 0 Å². The average molecular weight is 639 g/mol. The van der Waals surface area contributed by atoms with Crippen molar-refractivity contribution in [1.29, 1.82) is 0 Å². The summed E-state index contributed by atoms with van der Waals surface area (Å²) in [6.07, 6.45) is 1.25. The molecule has 45 heavy (non-hydrogen) atoms. The highest BCUT2D eigenvalue weighted by Gasteiger charge is 2.38. The van der Waals surface area contributed by atoms with E-state index in [4.69, 9.17) is 0 Å². The van der Waals surface area contributed by atoms with E-state index in [1.54, 1.807) is 4.90 Å². The molecular weight excluding hydrogens is 604 g/mol. The summed E-state index contributed by atoms with van der Waals surface area (Å²) in [6, 6.07) is 8.11. The Labute approximate surface area is 259 Å². The van der Waals surface area contributed by atoms with Gasteiger partial charge in [-0.2, -0.15) is 0 Å². The minimum absolute atomic E-state index is 0.0320. The Morgan fingerprint density at radius 1 is 1.04 bits per heavy atom. The van der Waals surface area contributed by atoms with E-state index in [2.05, 4.69) is 15.3 Å². The third-order valence-electron chi connectivity index (χ3n) is 7.48. The van der Waals surface area contributed by atoms with Gasteiger partial charge in [0.1, 0.15) is 23.5 Å². The number of aromatic nitrogens is 3. The topological polar surface area (TPSA) is 184 Å². The number of aryl methyl sites for hydroxylation is 1. The van der Waals surface area contributed by atoms with Crippen LogP contribution >= 0.6 is 0 Å². The zero-order valence-electron chi connectivity index (χ0n) is 25.4. The summed E-state index contributed by atoms with van der Waals surface area (Å²) in [5.74, 6) is -2.44. The maximum Gasteiger partial charge on any atom is 0.326 e. The van der Waals surface area contributed by atoms with Gasteiger partial charge in [0, 0.05) is 39.6 Å². The SMILES string of the molecule is CC(=O)NS(=O)(=O)CN1CCN(c2cnc3c(cc(C(=O)NCc4ccc(C)cc4)c(=O)n3CC(=O)N3CC(C)(C)C3)n2)C1=O. The number of carbonyl (C=O) groups is 4. The number of amides is 5. The average Bonchev–Trinajstić information content (AvgIpc) is 3.30. The van der Waals surface area contributed by atoms with Crippen molar-refractivity contribution in [3.63, 3.8) is 0 Å². The molecule has 0 unspecified atom stereocenters. The lowest BCUT2D eigenvalue weighted by Gasteiger charge is -2.45. The monoisotopic (exact) mass is 638 g/mol. The van der Waals surface area contributed by atoms with Crippen LogP contribution < -0.4 is 20.5 Å². The number of pyridine rings is 1. The molecule has 0 bridgehead atoms. The van der Waals surface area contributed by atoms with E-state index in [1.165, 1.54) is 17.2 Å². The predicted octanol–water partition coefficient (Wildman–Crippen LogP) is 0.564. The van der Waals surface area contributed by atoms with Gasteiger partial charge in [0.2, 0.25) is 11.8 Å². The van der Waals surface area contributed by atoms with Crippen LogP contribution in [0.3, 0.4) is 0 Å². The van der Waals surface area contributed by atoms with Crippen LogP contribution in [0.15, 0.2) is 41.3 Å². The lowest BCUT2D eigenvalue weighted by molar-refractivity contribution is -0.142. The van der Waals surface area contributed by atoms with E-state index < -0.39 is 39.3 Å². The molecular formula is C29H34N8O7S. The summed E-state index contributed by atoms with van der Waals surface area (Å²) in [5.41, 5.74) is 1.00. The fraction of sp³-hybridized carbons (Fsp3) is 0.414. The van der Waals surface area contributed by atoms with Crippen LogP contribution in [-0.2, 0) is 32.7 Å². The lowest BCUT2D eigenvalue weighted by atomic mass is 9.84. The van der Waals surface area contributed by atoms with Crippen LogP contribution in [0, 0.1) is 12.3 Å². The first-order valence-corrected chi connectivity index (χ1v) is 15.9. The first kappa shape index (κ1) is 31.6. The zero-order valence-corrected chi connectivity index (χ0v) is 26.2. The standard InChI is InChI=1S/C29H34N8O7S/c1-18-5-7-20(8-6-18)12-31-26(40)21-11-22-25(37(27(21)41)14-24(39)35-15-29(3,4)16-35)30-13-23(32-22)36-10-9-34(28(36)42)17-45(43,44)33-19(2)38/h5-8,11,13H,9-10,12,14-17H2,1-4H3,(H,31,40)(H,33,38). The molecule has 3 aromatic rings. The Bertz CT molecular complexity index is 1860. The molecule has 4 heterocycles. The molecule has 2 aromatic heterocycles. The number of nitrogens with one attached hydrogen (secondary N) is 2. The van der Waals surface area contributed by atoms with Gasteiger partial charge in [-0.15, -0.1) is 0 Å². The minimum Gasteiger partial charge on any atom is -0.348 e. The lowest BCUT2D eigenvalue weighted by Crippen LogP contribution is -2.56. The van der Waals surface area contributed by atoms with Crippen molar-refractivity contribution in [3.8, 4) is 0 Å². The second-order valence-electron chi connectivity index (χ2n) is 12.1. The van der Waals surface area contributed by atoms with Gasteiger partial charge >= 0.3 is 6.03 Å². The largest absolute Gasteiger partial charge is 0.348 e. The molecule has 5 amide bonds. The number of carbonyl (C=O) groups excluding carboxylic acids is 4. The number of anilines is 1. The molecule has 2 aliphatic rings. The molecule has 0 radical (unpaired) electrons. The molecule has 0 saturated carbocycles. The summed E-state index contributed by atoms with van der Waals surface area (Å²) in [6.45, 7) is 7.99. The Morgan fingerprint density at radius 3 is 2.38 bits per heavy atom. The van der Waals surface area contributed by atoms with Crippen molar-refractivity contribution in [3.05, 3.63) is 63.6 Å². The van der Waals surface area contributed by atoms with Gasteiger partial charge in [-0.3, -0.25) is 33.4 Å². The fourth-order valence-electron chi connectivity index (χ4n) is 5.33. The van der Waals surface area contributed by atoms with Crippen LogP contribution in [0.5, 0.6) is 0 Å². The summed E-state index contributed by atoms with van der Waals surface area (Å²) >= 11 is 0. The number of hydrogen-bond donors (Lipinski definition) is 2. The minimum atomic E-state index is -4.09. The highest BCUT2D eigenvalue weighted by molar-refractivity contribution is 7.90. The van der Waals surface area contributed by atoms with Crippen molar-refractivity contribution in [2.45, 2.75) is 40.8 Å². The number of urea groups is 1. The molecule has 1 aromatic carbocycles. The summed E-state index contributed by atoms with van der Waals surface area (Å²) in [5, 5.41) is 2.74. The first-order valence-electron chi connectivity index (χ1n) is 14.2. The molecule has 2 saturated heterocycles. The van der Waals surface area contributed by atoms with Crippen LogP contribution in [0.25, 0.3) is 11.2 Å². The van der Waals surface area contributed by atoms with Gasteiger partial charge in [0.15, 0.2) is 11.5 Å². The quantitative estimate of drug-likeness (QED) is 0.338. The van der Waals surface area contributed by atoms with Crippen LogP contribution in [0.2, 0.25) is 0 Å². The molecule has 2 fully saturated rings. The zero-order chi connectivity index (χ0) is 32.7. The summed E-state index contributed by atoms with van der Waals surface area (Å²) in [7, 11) is -4.09. The predicted molar refractivity (Wildman–Crippen MR) is 164 cm³/mol. The van der Waals surface area contributed by atoms with Gasteiger partial charge in [-0.1, -0.05) is 43.7 Å². The maximum atomic E-state index is 13.6. The summed E-state index contributed by atoms with van der Waals surface area (Å²) < 4.78 is 27.4. The highest BCUT2D eigenvalue weighted by Crippen LogP contribution is 2.29. The van der Waals surface area contributed by atoms with Gasteiger partial charge in [-0.05, 0) is 24.0 Å². The Hall–Kier alpha value is -4.86. The number of nitrogens with zero attached hydrogens (tertiary/aromatic N) is 6. The maximum absolute atomic E-state index is 13.6. The molecule has 238 valence electrons. The molecule has 15 nitrogen and oxygen atoms in total. The Kier molecular flexibility index (Phi) is 8.35. The third kappa shape index (κ3) is 6.95. The van der Waals surface area contributed by atoms with E-state index in [0.29, 0.717) is 13.1 Å². The number of likely N-dealkylation sites (tertiary alicyclic amines) is 1. The smallest absolute Gasteiger partial charge is 0.326 e.